The topological polar surface area (TPSA) is 76.1 Å². The number of sulfone groups is 1. The van der Waals surface area contributed by atoms with Gasteiger partial charge in [0.15, 0.2) is 15.0 Å². The van der Waals surface area contributed by atoms with Crippen molar-refractivity contribution in [3.63, 3.8) is 0 Å². The molecule has 1 aliphatic carbocycles. The van der Waals surface area contributed by atoms with Crippen molar-refractivity contribution in [2.75, 3.05) is 11.1 Å². The number of hydrogen-bond donors (Lipinski definition) is 1. The fraction of sp³-hybridized carbons (Fsp3) is 0.238. The molecule has 9 heteroatoms. The molecular weight excluding hydrogens is 430 g/mol. The van der Waals surface area contributed by atoms with Crippen LogP contribution in [0.15, 0.2) is 46.7 Å². The summed E-state index contributed by atoms with van der Waals surface area (Å²) in [6.45, 7) is 0. The maximum atomic E-state index is 13.9. The number of anilines is 1. The zero-order valence-corrected chi connectivity index (χ0v) is 17.5. The van der Waals surface area contributed by atoms with Crippen LogP contribution in [0.25, 0.3) is 11.3 Å². The van der Waals surface area contributed by atoms with Crippen LogP contribution in [-0.2, 0) is 27.5 Å². The molecule has 0 radical (unpaired) electrons. The molecule has 0 aliphatic heterocycles. The Labute approximate surface area is 176 Å². The highest BCUT2D eigenvalue weighted by molar-refractivity contribution is 7.91. The molecule has 0 spiro atoms. The normalized spacial score (nSPS) is 13.3. The molecule has 0 saturated heterocycles. The molecule has 0 atom stereocenters. The lowest BCUT2D eigenvalue weighted by Gasteiger charge is -2.07. The van der Waals surface area contributed by atoms with E-state index in [1.54, 1.807) is 12.1 Å². The summed E-state index contributed by atoms with van der Waals surface area (Å²) in [6, 6.07) is 8.19. The summed E-state index contributed by atoms with van der Waals surface area (Å²) >= 11 is 1.05. The van der Waals surface area contributed by atoms with Gasteiger partial charge in [-0.2, -0.15) is 0 Å². The SMILES string of the molecule is O=C(CCS(=O)(=O)c1ccc2c(c1)CCC2)Nc1nc(-c2cc(F)ccc2F)cs1. The number of fused-ring (bicyclic) bond motifs is 1. The number of carbonyl (C=O) groups excluding carboxylic acids is 1. The van der Waals surface area contributed by atoms with Crippen molar-refractivity contribution in [1.82, 2.24) is 4.98 Å². The minimum Gasteiger partial charge on any atom is -0.302 e. The van der Waals surface area contributed by atoms with E-state index in [4.69, 9.17) is 0 Å². The third kappa shape index (κ3) is 4.41. The first-order chi connectivity index (χ1) is 14.3. The van der Waals surface area contributed by atoms with Gasteiger partial charge in [0.2, 0.25) is 5.91 Å². The van der Waals surface area contributed by atoms with Crippen LogP contribution in [0.2, 0.25) is 0 Å². The summed E-state index contributed by atoms with van der Waals surface area (Å²) in [5, 5.41) is 4.20. The first-order valence-corrected chi connectivity index (χ1v) is 11.9. The van der Waals surface area contributed by atoms with Crippen molar-refractivity contribution < 1.29 is 22.0 Å². The number of aryl methyl sites for hydroxylation is 2. The van der Waals surface area contributed by atoms with Gasteiger partial charge in [0.05, 0.1) is 16.3 Å². The number of nitrogens with one attached hydrogen (secondary N) is 1. The van der Waals surface area contributed by atoms with Crippen molar-refractivity contribution in [3.8, 4) is 11.3 Å². The average Bonchev–Trinajstić information content (AvgIpc) is 3.37. The maximum Gasteiger partial charge on any atom is 0.227 e. The second-order valence-electron chi connectivity index (χ2n) is 7.06. The van der Waals surface area contributed by atoms with Crippen LogP contribution in [0, 0.1) is 11.6 Å². The molecule has 0 unspecified atom stereocenters. The number of benzene rings is 2. The number of carbonyl (C=O) groups is 1. The van der Waals surface area contributed by atoms with Crippen molar-refractivity contribution in [3.05, 3.63) is 64.5 Å². The summed E-state index contributed by atoms with van der Waals surface area (Å²) in [5.74, 6) is -2.06. The number of rotatable bonds is 6. The van der Waals surface area contributed by atoms with E-state index in [1.165, 1.54) is 10.9 Å². The lowest BCUT2D eigenvalue weighted by atomic mass is 10.1. The molecule has 156 valence electrons. The van der Waals surface area contributed by atoms with Gasteiger partial charge in [-0.25, -0.2) is 22.2 Å². The predicted octanol–water partition coefficient (Wildman–Crippen LogP) is 4.38. The molecule has 30 heavy (non-hydrogen) atoms. The van der Waals surface area contributed by atoms with Gasteiger partial charge in [-0.05, 0) is 60.7 Å². The molecule has 3 aromatic rings. The second kappa shape index (κ2) is 8.23. The molecule has 0 fully saturated rings. The van der Waals surface area contributed by atoms with Crippen LogP contribution >= 0.6 is 11.3 Å². The predicted molar refractivity (Wildman–Crippen MR) is 111 cm³/mol. The molecule has 1 aromatic heterocycles. The lowest BCUT2D eigenvalue weighted by molar-refractivity contribution is -0.115. The van der Waals surface area contributed by atoms with Crippen LogP contribution < -0.4 is 5.32 Å². The molecule has 0 saturated carbocycles. The van der Waals surface area contributed by atoms with Crippen LogP contribution in [0.4, 0.5) is 13.9 Å². The molecule has 0 bridgehead atoms. The van der Waals surface area contributed by atoms with Gasteiger partial charge >= 0.3 is 0 Å². The van der Waals surface area contributed by atoms with E-state index in [1.807, 2.05) is 6.07 Å². The zero-order valence-electron chi connectivity index (χ0n) is 15.8. The first kappa shape index (κ1) is 20.6. The Bertz CT molecular complexity index is 1220. The van der Waals surface area contributed by atoms with E-state index >= 15 is 0 Å². The Balaban J connectivity index is 1.39. The molecule has 5 nitrogen and oxygen atoms in total. The van der Waals surface area contributed by atoms with E-state index in [2.05, 4.69) is 10.3 Å². The maximum absolute atomic E-state index is 13.9. The van der Waals surface area contributed by atoms with Crippen LogP contribution in [0.1, 0.15) is 24.0 Å². The van der Waals surface area contributed by atoms with Gasteiger partial charge < -0.3 is 5.32 Å². The van der Waals surface area contributed by atoms with Gasteiger partial charge in [-0.1, -0.05) is 6.07 Å². The summed E-state index contributed by atoms with van der Waals surface area (Å²) in [6.07, 6.45) is 2.63. The summed E-state index contributed by atoms with van der Waals surface area (Å²) in [4.78, 5) is 16.5. The lowest BCUT2D eigenvalue weighted by Crippen LogP contribution is -2.17. The van der Waals surface area contributed by atoms with Crippen molar-refractivity contribution in [1.29, 1.82) is 0 Å². The van der Waals surface area contributed by atoms with E-state index in [0.29, 0.717) is 0 Å². The monoisotopic (exact) mass is 448 g/mol. The molecular formula is C21H18F2N2O3S2. The van der Waals surface area contributed by atoms with Gasteiger partial charge in [0, 0.05) is 17.4 Å². The van der Waals surface area contributed by atoms with Gasteiger partial charge in [0.1, 0.15) is 11.6 Å². The number of thiazole rings is 1. The number of hydrogen-bond acceptors (Lipinski definition) is 5. The highest BCUT2D eigenvalue weighted by atomic mass is 32.2. The van der Waals surface area contributed by atoms with E-state index < -0.39 is 27.4 Å². The second-order valence-corrected chi connectivity index (χ2v) is 10.0. The molecule has 2 aromatic carbocycles. The van der Waals surface area contributed by atoms with Gasteiger partial charge in [0.25, 0.3) is 0 Å². The largest absolute Gasteiger partial charge is 0.302 e. The van der Waals surface area contributed by atoms with E-state index in [-0.39, 0.29) is 33.5 Å². The fourth-order valence-electron chi connectivity index (χ4n) is 3.42. The van der Waals surface area contributed by atoms with E-state index in [9.17, 15) is 22.0 Å². The highest BCUT2D eigenvalue weighted by Crippen LogP contribution is 2.28. The van der Waals surface area contributed by atoms with E-state index in [0.717, 1.165) is 54.4 Å². The Hall–Kier alpha value is -2.65. The third-order valence-electron chi connectivity index (χ3n) is 4.98. The standard InChI is InChI=1S/C21H18F2N2O3S2/c22-15-5-7-18(23)17(11-15)19-12-29-21(24-19)25-20(26)8-9-30(27,28)16-6-4-13-2-1-3-14(13)10-16/h4-7,10-12H,1-3,8-9H2,(H,24,25,26). The Morgan fingerprint density at radius 2 is 1.90 bits per heavy atom. The quantitative estimate of drug-likeness (QED) is 0.607. The Morgan fingerprint density at radius 1 is 1.10 bits per heavy atom. The van der Waals surface area contributed by atoms with Gasteiger partial charge in [-0.3, -0.25) is 4.79 Å². The van der Waals surface area contributed by atoms with Gasteiger partial charge in [-0.15, -0.1) is 11.3 Å². The third-order valence-corrected chi connectivity index (χ3v) is 7.45. The molecule has 1 N–H and O–H groups in total. The number of aromatic nitrogens is 1. The number of nitrogens with zero attached hydrogens (tertiary/aromatic N) is 1. The van der Waals surface area contributed by atoms with Crippen LogP contribution in [0.3, 0.4) is 0 Å². The van der Waals surface area contributed by atoms with Crippen molar-refractivity contribution in [2.24, 2.45) is 0 Å². The average molecular weight is 449 g/mol. The van der Waals surface area contributed by atoms with Crippen molar-refractivity contribution >= 4 is 32.2 Å². The van der Waals surface area contributed by atoms with Crippen LogP contribution in [-0.4, -0.2) is 25.1 Å². The highest BCUT2D eigenvalue weighted by Gasteiger charge is 2.20. The summed E-state index contributed by atoms with van der Waals surface area (Å²) in [5.41, 5.74) is 2.42. The Morgan fingerprint density at radius 3 is 2.73 bits per heavy atom. The molecule has 1 amide bonds. The smallest absolute Gasteiger partial charge is 0.227 e. The van der Waals surface area contributed by atoms with Crippen LogP contribution in [0.5, 0.6) is 0 Å². The summed E-state index contributed by atoms with van der Waals surface area (Å²) < 4.78 is 52.4. The first-order valence-electron chi connectivity index (χ1n) is 9.37. The fourth-order valence-corrected chi connectivity index (χ4v) is 5.43. The summed E-state index contributed by atoms with van der Waals surface area (Å²) in [7, 11) is -3.59. The minimum absolute atomic E-state index is 0.00839. The molecule has 4 rings (SSSR count). The molecule has 1 aliphatic rings. The minimum atomic E-state index is -3.59. The van der Waals surface area contributed by atoms with Crippen molar-refractivity contribution in [2.45, 2.75) is 30.6 Å². The molecule has 1 heterocycles. The Kier molecular flexibility index (Phi) is 5.66. The number of amides is 1. The number of halogens is 2. The zero-order chi connectivity index (χ0) is 21.3.